The molecule has 0 radical (unpaired) electrons. The SMILES string of the molecule is O=C(OC[C@H]1CCC(O)S1)c1ccc(-c2ccccc2)cc1. The van der Waals surface area contributed by atoms with Gasteiger partial charge in [0, 0.05) is 5.25 Å². The van der Waals surface area contributed by atoms with Crippen molar-refractivity contribution in [3.63, 3.8) is 0 Å². The average Bonchev–Trinajstić information content (AvgIpc) is 2.99. The highest BCUT2D eigenvalue weighted by Gasteiger charge is 2.24. The Morgan fingerprint density at radius 3 is 2.36 bits per heavy atom. The summed E-state index contributed by atoms with van der Waals surface area (Å²) in [5.41, 5.74) is 2.45. The van der Waals surface area contributed by atoms with Gasteiger partial charge in [-0.25, -0.2) is 4.79 Å². The number of carbonyl (C=O) groups is 1. The van der Waals surface area contributed by atoms with Gasteiger partial charge in [-0.2, -0.15) is 0 Å². The molecule has 1 heterocycles. The van der Waals surface area contributed by atoms with Crippen LogP contribution in [0.2, 0.25) is 0 Å². The molecule has 1 saturated heterocycles. The molecule has 0 aliphatic carbocycles. The van der Waals surface area contributed by atoms with E-state index in [2.05, 4.69) is 0 Å². The van der Waals surface area contributed by atoms with E-state index in [1.807, 2.05) is 42.5 Å². The number of esters is 1. The van der Waals surface area contributed by atoms with E-state index in [0.717, 1.165) is 24.0 Å². The highest BCUT2D eigenvalue weighted by Crippen LogP contribution is 2.32. The number of rotatable bonds is 4. The Bertz CT molecular complexity index is 625. The third kappa shape index (κ3) is 3.70. The predicted octanol–water partition coefficient (Wildman–Crippen LogP) is 3.72. The Labute approximate surface area is 134 Å². The quantitative estimate of drug-likeness (QED) is 0.874. The van der Waals surface area contributed by atoms with Gasteiger partial charge in [0.1, 0.15) is 6.61 Å². The number of hydrogen-bond donors (Lipinski definition) is 1. The zero-order valence-corrected chi connectivity index (χ0v) is 13.0. The molecule has 0 bridgehead atoms. The Morgan fingerprint density at radius 1 is 1.05 bits per heavy atom. The second kappa shape index (κ2) is 6.99. The molecule has 0 aromatic heterocycles. The molecule has 1 aliphatic heterocycles. The molecule has 3 rings (SSSR count). The van der Waals surface area contributed by atoms with Crippen molar-refractivity contribution in [3.8, 4) is 11.1 Å². The lowest BCUT2D eigenvalue weighted by Gasteiger charge is -2.10. The Balaban J connectivity index is 1.59. The molecule has 1 unspecified atom stereocenters. The summed E-state index contributed by atoms with van der Waals surface area (Å²) in [6, 6.07) is 17.5. The van der Waals surface area contributed by atoms with Crippen LogP contribution in [0.1, 0.15) is 23.2 Å². The number of benzene rings is 2. The lowest BCUT2D eigenvalue weighted by molar-refractivity contribution is 0.0506. The minimum atomic E-state index is -0.311. The van der Waals surface area contributed by atoms with Crippen molar-refractivity contribution in [2.45, 2.75) is 23.5 Å². The van der Waals surface area contributed by atoms with Crippen LogP contribution in [0, 0.1) is 0 Å². The van der Waals surface area contributed by atoms with Crippen LogP contribution >= 0.6 is 11.8 Å². The van der Waals surface area contributed by atoms with Crippen LogP contribution in [0.3, 0.4) is 0 Å². The first kappa shape index (κ1) is 15.1. The van der Waals surface area contributed by atoms with Gasteiger partial charge in [0.25, 0.3) is 0 Å². The monoisotopic (exact) mass is 314 g/mol. The first-order valence-corrected chi connectivity index (χ1v) is 8.33. The normalized spacial score (nSPS) is 20.8. The number of aliphatic hydroxyl groups excluding tert-OH is 1. The fraction of sp³-hybridized carbons (Fsp3) is 0.278. The molecule has 1 N–H and O–H groups in total. The summed E-state index contributed by atoms with van der Waals surface area (Å²) in [4.78, 5) is 12.0. The van der Waals surface area contributed by atoms with Crippen molar-refractivity contribution in [1.29, 1.82) is 0 Å². The van der Waals surface area contributed by atoms with Gasteiger partial charge in [-0.1, -0.05) is 42.5 Å². The van der Waals surface area contributed by atoms with E-state index in [1.54, 1.807) is 12.1 Å². The molecule has 4 heteroatoms. The summed E-state index contributed by atoms with van der Waals surface area (Å²) in [6.07, 6.45) is 1.67. The van der Waals surface area contributed by atoms with Crippen LogP contribution in [0.15, 0.2) is 54.6 Å². The highest BCUT2D eigenvalue weighted by atomic mass is 32.2. The van der Waals surface area contributed by atoms with Crippen LogP contribution in [0.5, 0.6) is 0 Å². The average molecular weight is 314 g/mol. The Hall–Kier alpha value is -1.78. The Morgan fingerprint density at radius 2 is 1.73 bits per heavy atom. The molecule has 1 aliphatic rings. The second-order valence-corrected chi connectivity index (χ2v) is 6.81. The third-order valence-corrected chi connectivity index (χ3v) is 5.02. The molecular weight excluding hydrogens is 296 g/mol. The van der Waals surface area contributed by atoms with Crippen LogP contribution < -0.4 is 0 Å². The summed E-state index contributed by atoms with van der Waals surface area (Å²) in [7, 11) is 0. The van der Waals surface area contributed by atoms with Crippen molar-refractivity contribution >= 4 is 17.7 Å². The second-order valence-electron chi connectivity index (χ2n) is 5.33. The van der Waals surface area contributed by atoms with Gasteiger partial charge in [-0.05, 0) is 36.1 Å². The predicted molar refractivity (Wildman–Crippen MR) is 88.8 cm³/mol. The molecule has 0 amide bonds. The van der Waals surface area contributed by atoms with Gasteiger partial charge in [0.05, 0.1) is 11.0 Å². The van der Waals surface area contributed by atoms with E-state index in [1.165, 1.54) is 11.8 Å². The van der Waals surface area contributed by atoms with E-state index in [0.29, 0.717) is 12.2 Å². The lowest BCUT2D eigenvalue weighted by atomic mass is 10.0. The summed E-state index contributed by atoms with van der Waals surface area (Å²) < 4.78 is 5.34. The van der Waals surface area contributed by atoms with E-state index in [4.69, 9.17) is 4.74 Å². The standard InChI is InChI=1S/C18H18O3S/c19-17-11-10-16(22-17)12-21-18(20)15-8-6-14(7-9-15)13-4-2-1-3-5-13/h1-9,16-17,19H,10-12H2/t16-,17?/m1/s1. The topological polar surface area (TPSA) is 46.5 Å². The molecule has 2 aromatic carbocycles. The first-order chi connectivity index (χ1) is 10.7. The first-order valence-electron chi connectivity index (χ1n) is 7.38. The number of thioether (sulfide) groups is 1. The van der Waals surface area contributed by atoms with Gasteiger partial charge in [-0.15, -0.1) is 11.8 Å². The maximum atomic E-state index is 12.0. The van der Waals surface area contributed by atoms with Gasteiger partial charge in [0.15, 0.2) is 0 Å². The van der Waals surface area contributed by atoms with E-state index >= 15 is 0 Å². The van der Waals surface area contributed by atoms with Gasteiger partial charge in [0.2, 0.25) is 0 Å². The zero-order chi connectivity index (χ0) is 15.4. The van der Waals surface area contributed by atoms with E-state index < -0.39 is 0 Å². The molecule has 2 atom stereocenters. The lowest BCUT2D eigenvalue weighted by Crippen LogP contribution is -2.14. The number of ether oxygens (including phenoxy) is 1. The molecular formula is C18H18O3S. The van der Waals surface area contributed by atoms with E-state index in [-0.39, 0.29) is 16.7 Å². The summed E-state index contributed by atoms with van der Waals surface area (Å²) in [6.45, 7) is 0.362. The maximum absolute atomic E-state index is 12.0. The fourth-order valence-electron chi connectivity index (χ4n) is 2.49. The van der Waals surface area contributed by atoms with Gasteiger partial charge in [-0.3, -0.25) is 0 Å². The van der Waals surface area contributed by atoms with Crippen LogP contribution in [-0.4, -0.2) is 28.4 Å². The molecule has 0 saturated carbocycles. The van der Waals surface area contributed by atoms with Crippen molar-refractivity contribution in [1.82, 2.24) is 0 Å². The summed E-state index contributed by atoms with van der Waals surface area (Å²) in [5.74, 6) is -0.304. The van der Waals surface area contributed by atoms with Crippen molar-refractivity contribution in [2.24, 2.45) is 0 Å². The highest BCUT2D eigenvalue weighted by molar-refractivity contribution is 8.00. The largest absolute Gasteiger partial charge is 0.461 e. The van der Waals surface area contributed by atoms with Crippen LogP contribution in [0.25, 0.3) is 11.1 Å². The maximum Gasteiger partial charge on any atom is 0.338 e. The Kier molecular flexibility index (Phi) is 4.80. The molecule has 1 fully saturated rings. The smallest absolute Gasteiger partial charge is 0.338 e. The number of hydrogen-bond acceptors (Lipinski definition) is 4. The minimum absolute atomic E-state index is 0.211. The minimum Gasteiger partial charge on any atom is -0.461 e. The van der Waals surface area contributed by atoms with Crippen molar-refractivity contribution in [3.05, 3.63) is 60.2 Å². The molecule has 0 spiro atoms. The molecule has 22 heavy (non-hydrogen) atoms. The van der Waals surface area contributed by atoms with Crippen LogP contribution in [-0.2, 0) is 4.74 Å². The van der Waals surface area contributed by atoms with Gasteiger partial charge >= 0.3 is 5.97 Å². The van der Waals surface area contributed by atoms with E-state index in [9.17, 15) is 9.90 Å². The fourth-order valence-corrected chi connectivity index (χ4v) is 3.63. The van der Waals surface area contributed by atoms with Gasteiger partial charge < -0.3 is 9.84 Å². The van der Waals surface area contributed by atoms with Crippen LogP contribution in [0.4, 0.5) is 0 Å². The number of carbonyl (C=O) groups excluding carboxylic acids is 1. The zero-order valence-electron chi connectivity index (χ0n) is 12.1. The molecule has 114 valence electrons. The van der Waals surface area contributed by atoms with Crippen molar-refractivity contribution < 1.29 is 14.6 Å². The summed E-state index contributed by atoms with van der Waals surface area (Å²) in [5, 5.41) is 9.65. The van der Waals surface area contributed by atoms with Crippen molar-refractivity contribution in [2.75, 3.05) is 6.61 Å². The molecule has 3 nitrogen and oxygen atoms in total. The third-order valence-electron chi connectivity index (χ3n) is 3.71. The summed E-state index contributed by atoms with van der Waals surface area (Å²) >= 11 is 1.48. The molecule has 2 aromatic rings. The number of aliphatic hydroxyl groups is 1.